The van der Waals surface area contributed by atoms with Crippen molar-refractivity contribution in [2.45, 2.75) is 37.8 Å². The molecular formula is C26H29BrN6O6. The van der Waals surface area contributed by atoms with E-state index in [4.69, 9.17) is 0 Å². The molecule has 0 fully saturated rings. The average molecular weight is 601 g/mol. The molecule has 0 spiro atoms. The van der Waals surface area contributed by atoms with Crippen LogP contribution in [0.4, 0.5) is 5.69 Å². The molecule has 2 aromatic rings. The molecule has 0 saturated heterocycles. The second kappa shape index (κ2) is 12.6. The number of carboxylic acid groups (broad SMARTS) is 1. The van der Waals surface area contributed by atoms with Crippen LogP contribution in [0.15, 0.2) is 45.9 Å². The van der Waals surface area contributed by atoms with Crippen LogP contribution in [-0.4, -0.2) is 64.8 Å². The average Bonchev–Trinajstić information content (AvgIpc) is 2.87. The number of aliphatic hydroxyl groups is 1. The molecular weight excluding hydrogens is 572 g/mol. The van der Waals surface area contributed by atoms with Gasteiger partial charge in [0.05, 0.1) is 43.1 Å². The third-order valence-corrected chi connectivity index (χ3v) is 6.31. The van der Waals surface area contributed by atoms with Gasteiger partial charge in [0.15, 0.2) is 5.96 Å². The van der Waals surface area contributed by atoms with E-state index in [2.05, 4.69) is 48.3 Å². The summed E-state index contributed by atoms with van der Waals surface area (Å²) < 4.78 is 0.620. The molecule has 0 radical (unpaired) electrons. The number of hydrogen-bond acceptors (Lipinski definition) is 9. The van der Waals surface area contributed by atoms with Crippen molar-refractivity contribution in [3.63, 3.8) is 0 Å². The summed E-state index contributed by atoms with van der Waals surface area (Å²) in [5, 5.41) is 49.4. The van der Waals surface area contributed by atoms with Crippen LogP contribution in [0, 0.1) is 11.3 Å². The van der Waals surface area contributed by atoms with E-state index >= 15 is 0 Å². The molecule has 7 N–H and O–H groups in total. The predicted molar refractivity (Wildman–Crippen MR) is 146 cm³/mol. The molecule has 3 rings (SSSR count). The minimum atomic E-state index is -1.14. The van der Waals surface area contributed by atoms with Gasteiger partial charge in [-0.1, -0.05) is 22.0 Å². The van der Waals surface area contributed by atoms with Gasteiger partial charge in [-0.25, -0.2) is 0 Å². The molecule has 0 aromatic heterocycles. The Balaban J connectivity index is 1.69. The lowest BCUT2D eigenvalue weighted by Gasteiger charge is -2.22. The van der Waals surface area contributed by atoms with Crippen molar-refractivity contribution in [3.8, 4) is 11.8 Å². The lowest BCUT2D eigenvalue weighted by molar-refractivity contribution is -0.137. The van der Waals surface area contributed by atoms with Crippen molar-refractivity contribution in [3.05, 3.63) is 57.6 Å². The first-order valence-electron chi connectivity index (χ1n) is 12.0. The van der Waals surface area contributed by atoms with Crippen molar-refractivity contribution in [2.75, 3.05) is 25.0 Å². The second-order valence-corrected chi connectivity index (χ2v) is 10.4. The largest absolute Gasteiger partial charge is 0.508 e. The normalized spacial score (nSPS) is 15.7. The molecule has 39 heavy (non-hydrogen) atoms. The number of nitrogens with one attached hydrogen (secondary N) is 4. The minimum Gasteiger partial charge on any atom is -0.508 e. The topological polar surface area (TPSA) is 196 Å². The van der Waals surface area contributed by atoms with Crippen LogP contribution in [0.2, 0.25) is 0 Å². The molecule has 0 aliphatic carbocycles. The number of carbonyl (C=O) groups excluding carboxylic acids is 2. The number of aliphatic imine (C=N–C) groups is 1. The summed E-state index contributed by atoms with van der Waals surface area (Å²) in [5.74, 6) is -2.24. The number of nitriles is 1. The number of nitrogens with zero attached hydrogens (tertiary/aromatic N) is 2. The maximum Gasteiger partial charge on any atom is 0.305 e. The van der Waals surface area contributed by atoms with Crippen LogP contribution in [0.1, 0.15) is 47.8 Å². The highest BCUT2D eigenvalue weighted by Crippen LogP contribution is 2.30. The lowest BCUT2D eigenvalue weighted by atomic mass is 9.84. The molecule has 1 aliphatic rings. The fourth-order valence-electron chi connectivity index (χ4n) is 3.74. The first kappa shape index (κ1) is 29.4. The van der Waals surface area contributed by atoms with Crippen LogP contribution >= 0.6 is 15.9 Å². The van der Waals surface area contributed by atoms with Gasteiger partial charge in [-0.3, -0.25) is 19.4 Å². The fraction of sp³-hybridized carbons (Fsp3) is 0.346. The number of amides is 2. The van der Waals surface area contributed by atoms with Gasteiger partial charge in [-0.2, -0.15) is 5.26 Å². The van der Waals surface area contributed by atoms with E-state index < -0.39 is 48.3 Å². The predicted octanol–water partition coefficient (Wildman–Crippen LogP) is 1.75. The number of aromatic hydroxyl groups is 1. The molecule has 0 saturated carbocycles. The number of aliphatic carboxylic acids is 1. The Labute approximate surface area is 233 Å². The third kappa shape index (κ3) is 8.42. The van der Waals surface area contributed by atoms with Gasteiger partial charge in [0.2, 0.25) is 5.91 Å². The number of phenols is 1. The Kier molecular flexibility index (Phi) is 9.50. The molecule has 1 aliphatic heterocycles. The van der Waals surface area contributed by atoms with Crippen molar-refractivity contribution >= 4 is 45.4 Å². The first-order valence-corrected chi connectivity index (χ1v) is 12.7. The summed E-state index contributed by atoms with van der Waals surface area (Å²) in [6.07, 6.45) is -1.02. The molecule has 206 valence electrons. The molecule has 1 heterocycles. The van der Waals surface area contributed by atoms with Gasteiger partial charge < -0.3 is 36.6 Å². The Bertz CT molecular complexity index is 1340. The van der Waals surface area contributed by atoms with Gasteiger partial charge in [0.25, 0.3) is 5.91 Å². The highest BCUT2D eigenvalue weighted by molar-refractivity contribution is 9.10. The van der Waals surface area contributed by atoms with Crippen LogP contribution in [0.5, 0.6) is 5.75 Å². The van der Waals surface area contributed by atoms with E-state index in [1.54, 1.807) is 32.0 Å². The SMILES string of the molecule is CC(C)(C#N)c1cc(Br)cc(C(CC(=O)O)NC(=O)CNC(=O)c2cc(O)cc(NC3=NCC(O)CN3)c2)c1. The van der Waals surface area contributed by atoms with Crippen molar-refractivity contribution in [2.24, 2.45) is 4.99 Å². The van der Waals surface area contributed by atoms with E-state index in [0.29, 0.717) is 33.8 Å². The summed E-state index contributed by atoms with van der Waals surface area (Å²) in [6.45, 7) is 3.50. The monoisotopic (exact) mass is 600 g/mol. The van der Waals surface area contributed by atoms with Gasteiger partial charge in [0, 0.05) is 28.3 Å². The molecule has 12 nitrogen and oxygen atoms in total. The Morgan fingerprint density at radius 3 is 2.62 bits per heavy atom. The Hall–Kier alpha value is -4.15. The van der Waals surface area contributed by atoms with Gasteiger partial charge in [-0.15, -0.1) is 0 Å². The van der Waals surface area contributed by atoms with Crippen molar-refractivity contribution < 1.29 is 29.7 Å². The molecule has 13 heteroatoms. The van der Waals surface area contributed by atoms with E-state index in [0.717, 1.165) is 0 Å². The number of phenolic OH excluding ortho intramolecular Hbond substituents is 1. The summed E-state index contributed by atoms with van der Waals surface area (Å²) in [4.78, 5) is 41.1. The van der Waals surface area contributed by atoms with Crippen molar-refractivity contribution in [1.29, 1.82) is 5.26 Å². The molecule has 0 bridgehead atoms. The molecule has 2 aromatic carbocycles. The molecule has 2 atom stereocenters. The summed E-state index contributed by atoms with van der Waals surface area (Å²) >= 11 is 3.38. The lowest BCUT2D eigenvalue weighted by Crippen LogP contribution is -2.42. The Morgan fingerprint density at radius 2 is 1.97 bits per heavy atom. The zero-order valence-electron chi connectivity index (χ0n) is 21.3. The van der Waals surface area contributed by atoms with E-state index in [1.165, 1.54) is 18.2 Å². The van der Waals surface area contributed by atoms with Crippen LogP contribution in [0.3, 0.4) is 0 Å². The number of hydrogen-bond donors (Lipinski definition) is 7. The standard InChI is InChI=1S/C26H29BrN6O6/c1-26(2,13-28)16-3-14(4-17(27)7-16)21(9-23(37)38)33-22(36)12-29-24(39)15-5-18(8-19(34)6-15)32-25-30-10-20(35)11-31-25/h3-8,20-21,34-35H,9-12H2,1-2H3,(H,29,39)(H,33,36)(H,37,38)(H2,30,31,32). The zero-order chi connectivity index (χ0) is 28.7. The number of carbonyl (C=O) groups is 3. The zero-order valence-corrected chi connectivity index (χ0v) is 22.9. The van der Waals surface area contributed by atoms with Gasteiger partial charge in [0.1, 0.15) is 5.75 Å². The fourth-order valence-corrected chi connectivity index (χ4v) is 4.25. The Morgan fingerprint density at radius 1 is 1.23 bits per heavy atom. The third-order valence-electron chi connectivity index (χ3n) is 5.86. The molecule has 2 amide bonds. The first-order chi connectivity index (χ1) is 18.4. The number of β-amino-alcohol motifs (C(OH)–C–C–N with tert-alkyl or cyclic N) is 1. The minimum absolute atomic E-state index is 0.0687. The summed E-state index contributed by atoms with van der Waals surface area (Å²) in [6, 6.07) is 10.4. The van der Waals surface area contributed by atoms with Crippen LogP contribution in [0.25, 0.3) is 0 Å². The van der Waals surface area contributed by atoms with E-state index in [-0.39, 0.29) is 17.9 Å². The smallest absolute Gasteiger partial charge is 0.305 e. The number of anilines is 1. The van der Waals surface area contributed by atoms with Crippen molar-refractivity contribution in [1.82, 2.24) is 16.0 Å². The molecule has 2 unspecified atom stereocenters. The number of aliphatic hydroxyl groups excluding tert-OH is 1. The highest BCUT2D eigenvalue weighted by Gasteiger charge is 2.25. The van der Waals surface area contributed by atoms with Crippen LogP contribution < -0.4 is 21.3 Å². The second-order valence-electron chi connectivity index (χ2n) is 9.53. The number of carboxylic acids is 1. The summed E-state index contributed by atoms with van der Waals surface area (Å²) in [7, 11) is 0. The maximum absolute atomic E-state index is 12.7. The van der Waals surface area contributed by atoms with Gasteiger partial charge >= 0.3 is 5.97 Å². The quantitative estimate of drug-likeness (QED) is 0.224. The number of benzene rings is 2. The van der Waals surface area contributed by atoms with E-state index in [9.17, 15) is 35.0 Å². The van der Waals surface area contributed by atoms with Crippen LogP contribution in [-0.2, 0) is 15.0 Å². The van der Waals surface area contributed by atoms with Gasteiger partial charge in [-0.05, 0) is 49.2 Å². The highest BCUT2D eigenvalue weighted by atomic mass is 79.9. The number of guanidine groups is 1. The maximum atomic E-state index is 12.7. The number of rotatable bonds is 9. The summed E-state index contributed by atoms with van der Waals surface area (Å²) in [5.41, 5.74) is 0.713. The van der Waals surface area contributed by atoms with E-state index in [1.807, 2.05) is 0 Å². The number of halogens is 1.